The van der Waals surface area contributed by atoms with Crippen LogP contribution in [-0.2, 0) is 6.54 Å². The second kappa shape index (κ2) is 7.34. The second-order valence-corrected chi connectivity index (χ2v) is 6.58. The van der Waals surface area contributed by atoms with Crippen molar-refractivity contribution in [1.82, 2.24) is 9.55 Å². The third-order valence-electron chi connectivity index (χ3n) is 3.71. The van der Waals surface area contributed by atoms with Crippen LogP contribution in [0.4, 0.5) is 0 Å². The van der Waals surface area contributed by atoms with E-state index < -0.39 is 12.2 Å². The van der Waals surface area contributed by atoms with Gasteiger partial charge in [0.25, 0.3) is 0 Å². The van der Waals surface area contributed by atoms with Crippen molar-refractivity contribution in [1.29, 1.82) is 0 Å². The van der Waals surface area contributed by atoms with Gasteiger partial charge in [0, 0.05) is 4.47 Å². The average molecular weight is 391 g/mol. The van der Waals surface area contributed by atoms with E-state index in [1.165, 1.54) is 0 Å². The van der Waals surface area contributed by atoms with Gasteiger partial charge in [-0.3, -0.25) is 0 Å². The lowest BCUT2D eigenvalue weighted by molar-refractivity contribution is 0.0895. The minimum atomic E-state index is -0.719. The van der Waals surface area contributed by atoms with Crippen LogP contribution in [-0.4, -0.2) is 32.5 Å². The van der Waals surface area contributed by atoms with Crippen molar-refractivity contribution < 1.29 is 14.9 Å². The molecule has 2 aromatic carbocycles. The van der Waals surface area contributed by atoms with Crippen molar-refractivity contribution in [2.75, 3.05) is 6.61 Å². The summed E-state index contributed by atoms with van der Waals surface area (Å²) in [5.74, 6) is 1.24. The zero-order valence-corrected chi connectivity index (χ0v) is 14.8. The number of rotatable bonds is 6. The molecule has 0 radical (unpaired) electrons. The first-order valence-corrected chi connectivity index (χ1v) is 8.53. The average Bonchev–Trinajstić information content (AvgIpc) is 2.93. The lowest BCUT2D eigenvalue weighted by Crippen LogP contribution is -2.25. The van der Waals surface area contributed by atoms with Gasteiger partial charge in [-0.2, -0.15) is 0 Å². The van der Waals surface area contributed by atoms with Gasteiger partial charge < -0.3 is 19.5 Å². The number of imidazole rings is 1. The highest BCUT2D eigenvalue weighted by atomic mass is 79.9. The standard InChI is InChI=1S/C18H19BrN2O3/c1-12(22)18-20-16-4-2-3-5-17(16)21(18)10-14(23)11-24-15-8-6-13(19)7-9-15/h2-9,12,14,22-23H,10-11H2,1H3/t12-,14+/m1/s1. The van der Waals surface area contributed by atoms with Crippen LogP contribution in [0.2, 0.25) is 0 Å². The van der Waals surface area contributed by atoms with Crippen molar-refractivity contribution in [3.05, 3.63) is 58.8 Å². The SMILES string of the molecule is C[C@@H](O)c1nc2ccccc2n1C[C@H](O)COc1ccc(Br)cc1. The quantitative estimate of drug-likeness (QED) is 0.677. The molecule has 0 spiro atoms. The fourth-order valence-electron chi connectivity index (χ4n) is 2.59. The second-order valence-electron chi connectivity index (χ2n) is 5.66. The molecule has 0 fully saturated rings. The molecule has 0 saturated heterocycles. The highest BCUT2D eigenvalue weighted by Crippen LogP contribution is 2.21. The molecular formula is C18H19BrN2O3. The monoisotopic (exact) mass is 390 g/mol. The van der Waals surface area contributed by atoms with E-state index in [4.69, 9.17) is 4.74 Å². The smallest absolute Gasteiger partial charge is 0.138 e. The number of aliphatic hydroxyl groups is 2. The van der Waals surface area contributed by atoms with Crippen molar-refractivity contribution in [2.45, 2.75) is 25.7 Å². The highest BCUT2D eigenvalue weighted by Gasteiger charge is 2.17. The summed E-state index contributed by atoms with van der Waals surface area (Å²) in [7, 11) is 0. The van der Waals surface area contributed by atoms with Gasteiger partial charge in [0.05, 0.1) is 17.6 Å². The fraction of sp³-hybridized carbons (Fsp3) is 0.278. The summed E-state index contributed by atoms with van der Waals surface area (Å²) >= 11 is 3.37. The highest BCUT2D eigenvalue weighted by molar-refractivity contribution is 9.10. The molecule has 3 aromatic rings. The topological polar surface area (TPSA) is 67.5 Å². The molecule has 0 bridgehead atoms. The van der Waals surface area contributed by atoms with E-state index in [-0.39, 0.29) is 6.61 Å². The molecule has 2 atom stereocenters. The minimum Gasteiger partial charge on any atom is -0.491 e. The minimum absolute atomic E-state index is 0.160. The van der Waals surface area contributed by atoms with Crippen LogP contribution < -0.4 is 4.74 Å². The molecule has 5 nitrogen and oxygen atoms in total. The van der Waals surface area contributed by atoms with Crippen LogP contribution >= 0.6 is 15.9 Å². The van der Waals surface area contributed by atoms with Gasteiger partial charge in [-0.1, -0.05) is 28.1 Å². The predicted molar refractivity (Wildman–Crippen MR) is 96.0 cm³/mol. The van der Waals surface area contributed by atoms with Gasteiger partial charge in [0.1, 0.15) is 30.4 Å². The summed E-state index contributed by atoms with van der Waals surface area (Å²) in [6.45, 7) is 2.13. The van der Waals surface area contributed by atoms with Gasteiger partial charge in [-0.15, -0.1) is 0 Å². The molecular weight excluding hydrogens is 372 g/mol. The summed E-state index contributed by atoms with van der Waals surface area (Å²) < 4.78 is 8.43. The molecule has 126 valence electrons. The lowest BCUT2D eigenvalue weighted by Gasteiger charge is -2.16. The molecule has 1 aromatic heterocycles. The number of halogens is 1. The van der Waals surface area contributed by atoms with E-state index in [0.717, 1.165) is 15.5 Å². The first kappa shape index (κ1) is 17.0. The van der Waals surface area contributed by atoms with Crippen LogP contribution in [0.15, 0.2) is 53.0 Å². The Morgan fingerprint density at radius 1 is 1.12 bits per heavy atom. The Balaban J connectivity index is 1.73. The summed E-state index contributed by atoms with van der Waals surface area (Å²) in [6, 6.07) is 15.1. The molecule has 0 unspecified atom stereocenters. The first-order valence-electron chi connectivity index (χ1n) is 7.74. The van der Waals surface area contributed by atoms with E-state index in [1.54, 1.807) is 6.92 Å². The zero-order valence-electron chi connectivity index (χ0n) is 13.3. The van der Waals surface area contributed by atoms with E-state index in [1.807, 2.05) is 53.1 Å². The normalized spacial score (nSPS) is 13.8. The summed E-state index contributed by atoms with van der Waals surface area (Å²) in [5.41, 5.74) is 1.69. The predicted octanol–water partition coefficient (Wildman–Crippen LogP) is 3.29. The number of aromatic nitrogens is 2. The Hall–Kier alpha value is -1.89. The Bertz CT molecular complexity index is 815. The van der Waals surface area contributed by atoms with Gasteiger partial charge in [0.2, 0.25) is 0 Å². The maximum atomic E-state index is 10.3. The first-order chi connectivity index (χ1) is 11.5. The molecule has 3 rings (SSSR count). The maximum absolute atomic E-state index is 10.3. The van der Waals surface area contributed by atoms with Gasteiger partial charge in [0.15, 0.2) is 0 Å². The molecule has 1 heterocycles. The van der Waals surface area contributed by atoms with Crippen LogP contribution in [0.3, 0.4) is 0 Å². The van der Waals surface area contributed by atoms with Crippen molar-refractivity contribution in [2.24, 2.45) is 0 Å². The number of hydrogen-bond donors (Lipinski definition) is 2. The Kier molecular flexibility index (Phi) is 5.18. The van der Waals surface area contributed by atoms with Gasteiger partial charge >= 0.3 is 0 Å². The Labute approximate surface area is 148 Å². The number of aliphatic hydroxyl groups excluding tert-OH is 2. The molecule has 0 amide bonds. The number of hydrogen-bond acceptors (Lipinski definition) is 4. The van der Waals surface area contributed by atoms with Crippen molar-refractivity contribution in [3.63, 3.8) is 0 Å². The van der Waals surface area contributed by atoms with Crippen molar-refractivity contribution >= 4 is 27.0 Å². The van der Waals surface area contributed by atoms with Crippen LogP contribution in [0.25, 0.3) is 11.0 Å². The van der Waals surface area contributed by atoms with Crippen LogP contribution in [0.5, 0.6) is 5.75 Å². The van der Waals surface area contributed by atoms with E-state index >= 15 is 0 Å². The molecule has 0 aliphatic heterocycles. The van der Waals surface area contributed by atoms with Crippen molar-refractivity contribution in [3.8, 4) is 5.75 Å². The van der Waals surface area contributed by atoms with Gasteiger partial charge in [-0.25, -0.2) is 4.98 Å². The van der Waals surface area contributed by atoms with Gasteiger partial charge in [-0.05, 0) is 43.3 Å². The van der Waals surface area contributed by atoms with E-state index in [0.29, 0.717) is 18.1 Å². The third-order valence-corrected chi connectivity index (χ3v) is 4.24. The van der Waals surface area contributed by atoms with Crippen LogP contribution in [0, 0.1) is 0 Å². The number of benzene rings is 2. The molecule has 0 aliphatic rings. The van der Waals surface area contributed by atoms with E-state index in [9.17, 15) is 10.2 Å². The zero-order chi connectivity index (χ0) is 17.1. The number of ether oxygens (including phenoxy) is 1. The number of nitrogens with zero attached hydrogens (tertiary/aromatic N) is 2. The molecule has 24 heavy (non-hydrogen) atoms. The third kappa shape index (κ3) is 3.77. The summed E-state index contributed by atoms with van der Waals surface area (Å²) in [5, 5.41) is 20.3. The van der Waals surface area contributed by atoms with E-state index in [2.05, 4.69) is 20.9 Å². The lowest BCUT2D eigenvalue weighted by atomic mass is 10.3. The number of para-hydroxylation sites is 2. The molecule has 0 aliphatic carbocycles. The largest absolute Gasteiger partial charge is 0.491 e. The summed E-state index contributed by atoms with van der Waals surface area (Å²) in [4.78, 5) is 4.45. The molecule has 6 heteroatoms. The van der Waals surface area contributed by atoms with Crippen LogP contribution in [0.1, 0.15) is 18.9 Å². The molecule has 0 saturated carbocycles. The Morgan fingerprint density at radius 2 is 1.83 bits per heavy atom. The summed E-state index contributed by atoms with van der Waals surface area (Å²) in [6.07, 6.45) is -1.43. The maximum Gasteiger partial charge on any atom is 0.138 e. The number of fused-ring (bicyclic) bond motifs is 1. The fourth-order valence-corrected chi connectivity index (χ4v) is 2.86. The molecule has 2 N–H and O–H groups in total. The Morgan fingerprint density at radius 3 is 2.54 bits per heavy atom.